The van der Waals surface area contributed by atoms with Crippen molar-refractivity contribution in [1.82, 2.24) is 4.90 Å². The summed E-state index contributed by atoms with van der Waals surface area (Å²) in [4.78, 5) is 24.4. The van der Waals surface area contributed by atoms with E-state index in [2.05, 4.69) is 0 Å². The van der Waals surface area contributed by atoms with E-state index in [4.69, 9.17) is 14.6 Å². The number of likely N-dealkylation sites (tertiary alicyclic amines) is 1. The molecule has 6 heteroatoms. The number of benzene rings is 1. The molecule has 1 fully saturated rings. The van der Waals surface area contributed by atoms with Crippen LogP contribution in [-0.2, 0) is 16.1 Å². The molecule has 1 unspecified atom stereocenters. The molecule has 0 aromatic heterocycles. The molecule has 1 aliphatic heterocycles. The van der Waals surface area contributed by atoms with Crippen LogP contribution in [0.1, 0.15) is 25.3 Å². The third-order valence-electron chi connectivity index (χ3n) is 3.63. The summed E-state index contributed by atoms with van der Waals surface area (Å²) in [6, 6.07) is 5.51. The summed E-state index contributed by atoms with van der Waals surface area (Å²) in [5.74, 6) is -0.368. The number of carboxylic acids is 1. The summed E-state index contributed by atoms with van der Waals surface area (Å²) in [6.45, 7) is 3.27. The molecule has 6 nitrogen and oxygen atoms in total. The van der Waals surface area contributed by atoms with Gasteiger partial charge in [-0.05, 0) is 24.1 Å². The lowest BCUT2D eigenvalue weighted by Gasteiger charge is -2.17. The van der Waals surface area contributed by atoms with Gasteiger partial charge in [0.25, 0.3) is 0 Å². The predicted octanol–water partition coefficient (Wildman–Crippen LogP) is 1.92. The average molecular weight is 307 g/mol. The summed E-state index contributed by atoms with van der Waals surface area (Å²) in [6.07, 6.45) is 0.980. The third-order valence-corrected chi connectivity index (χ3v) is 3.63. The molecule has 0 aliphatic carbocycles. The van der Waals surface area contributed by atoms with Crippen LogP contribution < -0.4 is 9.47 Å². The third kappa shape index (κ3) is 3.69. The molecule has 1 aromatic carbocycles. The molecule has 0 spiro atoms. The van der Waals surface area contributed by atoms with Crippen molar-refractivity contribution in [1.29, 1.82) is 0 Å². The van der Waals surface area contributed by atoms with Gasteiger partial charge in [0.2, 0.25) is 5.91 Å². The summed E-state index contributed by atoms with van der Waals surface area (Å²) in [5, 5.41) is 9.00. The molecule has 0 radical (unpaired) electrons. The van der Waals surface area contributed by atoms with Gasteiger partial charge < -0.3 is 19.5 Å². The maximum absolute atomic E-state index is 11.9. The monoisotopic (exact) mass is 307 g/mol. The Kier molecular flexibility index (Phi) is 5.25. The van der Waals surface area contributed by atoms with E-state index in [1.807, 2.05) is 25.1 Å². The Morgan fingerprint density at radius 2 is 2.18 bits per heavy atom. The summed E-state index contributed by atoms with van der Waals surface area (Å²) in [5.41, 5.74) is 0.889. The van der Waals surface area contributed by atoms with E-state index in [0.29, 0.717) is 24.7 Å². The van der Waals surface area contributed by atoms with Gasteiger partial charge in [0, 0.05) is 19.5 Å². The van der Waals surface area contributed by atoms with Crippen molar-refractivity contribution in [3.8, 4) is 11.5 Å². The lowest BCUT2D eigenvalue weighted by molar-refractivity contribution is -0.141. The van der Waals surface area contributed by atoms with Crippen LogP contribution in [0, 0.1) is 5.92 Å². The molecule has 1 aromatic rings. The molecule has 120 valence electrons. The van der Waals surface area contributed by atoms with Crippen molar-refractivity contribution in [3.63, 3.8) is 0 Å². The molecule has 1 aliphatic rings. The maximum Gasteiger partial charge on any atom is 0.308 e. The molecule has 1 saturated heterocycles. The first-order valence-electron chi connectivity index (χ1n) is 7.35. The Morgan fingerprint density at radius 1 is 1.41 bits per heavy atom. The smallest absolute Gasteiger partial charge is 0.308 e. The number of rotatable bonds is 7. The van der Waals surface area contributed by atoms with Crippen LogP contribution in [0.3, 0.4) is 0 Å². The molecule has 0 saturated carbocycles. The highest BCUT2D eigenvalue weighted by molar-refractivity contribution is 5.86. The number of hydrogen-bond donors (Lipinski definition) is 1. The second kappa shape index (κ2) is 7.15. The zero-order valence-electron chi connectivity index (χ0n) is 12.9. The minimum Gasteiger partial charge on any atom is -0.493 e. The number of ether oxygens (including phenoxy) is 2. The van der Waals surface area contributed by atoms with Crippen LogP contribution in [0.25, 0.3) is 0 Å². The fraction of sp³-hybridized carbons (Fsp3) is 0.500. The van der Waals surface area contributed by atoms with Gasteiger partial charge in [-0.15, -0.1) is 0 Å². The number of methoxy groups -OCH3 is 1. The summed E-state index contributed by atoms with van der Waals surface area (Å²) >= 11 is 0. The zero-order valence-corrected chi connectivity index (χ0v) is 12.9. The van der Waals surface area contributed by atoms with Gasteiger partial charge in [-0.3, -0.25) is 9.59 Å². The maximum atomic E-state index is 11.9. The molecule has 0 bridgehead atoms. The summed E-state index contributed by atoms with van der Waals surface area (Å²) < 4.78 is 10.9. The number of nitrogens with zero attached hydrogens (tertiary/aromatic N) is 1. The van der Waals surface area contributed by atoms with Crippen LogP contribution in [0.5, 0.6) is 11.5 Å². The van der Waals surface area contributed by atoms with E-state index >= 15 is 0 Å². The van der Waals surface area contributed by atoms with Crippen LogP contribution >= 0.6 is 0 Å². The Bertz CT molecular complexity index is 557. The van der Waals surface area contributed by atoms with E-state index in [9.17, 15) is 9.59 Å². The molecule has 1 atom stereocenters. The van der Waals surface area contributed by atoms with Gasteiger partial charge >= 0.3 is 5.97 Å². The number of aliphatic carboxylic acids is 1. The first-order valence-corrected chi connectivity index (χ1v) is 7.35. The Hall–Kier alpha value is -2.24. The largest absolute Gasteiger partial charge is 0.493 e. The highest BCUT2D eigenvalue weighted by Gasteiger charge is 2.34. The molecule has 1 heterocycles. The minimum absolute atomic E-state index is 0.0736. The molecule has 2 rings (SSSR count). The Labute approximate surface area is 129 Å². The van der Waals surface area contributed by atoms with Crippen molar-refractivity contribution in [3.05, 3.63) is 23.8 Å². The molecule has 22 heavy (non-hydrogen) atoms. The number of carbonyl (C=O) groups excluding carboxylic acids is 1. The van der Waals surface area contributed by atoms with E-state index in [0.717, 1.165) is 12.0 Å². The van der Waals surface area contributed by atoms with Crippen LogP contribution in [0.2, 0.25) is 0 Å². The van der Waals surface area contributed by atoms with Crippen LogP contribution in [0.4, 0.5) is 0 Å². The van der Waals surface area contributed by atoms with Crippen molar-refractivity contribution < 1.29 is 24.2 Å². The van der Waals surface area contributed by atoms with E-state index in [1.165, 1.54) is 0 Å². The van der Waals surface area contributed by atoms with Gasteiger partial charge in [0.15, 0.2) is 11.5 Å². The SMILES string of the molecule is CCCOc1ccc(CN2CC(C(=O)O)CC2=O)cc1OC. The minimum atomic E-state index is -0.920. The average Bonchev–Trinajstić information content (AvgIpc) is 2.87. The van der Waals surface area contributed by atoms with E-state index < -0.39 is 11.9 Å². The number of hydrogen-bond acceptors (Lipinski definition) is 4. The number of carbonyl (C=O) groups is 2. The van der Waals surface area contributed by atoms with Crippen molar-refractivity contribution in [2.75, 3.05) is 20.3 Å². The fourth-order valence-corrected chi connectivity index (χ4v) is 2.45. The fourth-order valence-electron chi connectivity index (χ4n) is 2.45. The zero-order chi connectivity index (χ0) is 16.1. The summed E-state index contributed by atoms with van der Waals surface area (Å²) in [7, 11) is 1.57. The van der Waals surface area contributed by atoms with E-state index in [-0.39, 0.29) is 18.9 Å². The molecule has 1 N–H and O–H groups in total. The first-order chi connectivity index (χ1) is 10.5. The number of amides is 1. The lowest BCUT2D eigenvalue weighted by Crippen LogP contribution is -2.25. The van der Waals surface area contributed by atoms with Crippen molar-refractivity contribution in [2.24, 2.45) is 5.92 Å². The van der Waals surface area contributed by atoms with Gasteiger partial charge in [-0.25, -0.2) is 0 Å². The van der Waals surface area contributed by atoms with Crippen LogP contribution in [0.15, 0.2) is 18.2 Å². The molecular weight excluding hydrogens is 286 g/mol. The van der Waals surface area contributed by atoms with Crippen LogP contribution in [-0.4, -0.2) is 42.1 Å². The van der Waals surface area contributed by atoms with Gasteiger partial charge in [-0.1, -0.05) is 13.0 Å². The highest BCUT2D eigenvalue weighted by Crippen LogP contribution is 2.29. The second-order valence-corrected chi connectivity index (χ2v) is 5.35. The van der Waals surface area contributed by atoms with Crippen molar-refractivity contribution >= 4 is 11.9 Å². The normalized spacial score (nSPS) is 17.6. The van der Waals surface area contributed by atoms with Gasteiger partial charge in [-0.2, -0.15) is 0 Å². The van der Waals surface area contributed by atoms with Crippen molar-refractivity contribution in [2.45, 2.75) is 26.3 Å². The highest BCUT2D eigenvalue weighted by atomic mass is 16.5. The molecular formula is C16H21NO5. The predicted molar refractivity (Wildman–Crippen MR) is 79.9 cm³/mol. The number of carboxylic acid groups (broad SMARTS) is 1. The molecule has 1 amide bonds. The van der Waals surface area contributed by atoms with Gasteiger partial charge in [0.05, 0.1) is 19.6 Å². The standard InChI is InChI=1S/C16H21NO5/c1-3-6-22-13-5-4-11(7-14(13)21-2)9-17-10-12(16(19)20)8-15(17)18/h4-5,7,12H,3,6,8-10H2,1-2H3,(H,19,20). The lowest BCUT2D eigenvalue weighted by atomic mass is 10.1. The Morgan fingerprint density at radius 3 is 2.77 bits per heavy atom. The van der Waals surface area contributed by atoms with E-state index in [1.54, 1.807) is 12.0 Å². The Balaban J connectivity index is 2.07. The topological polar surface area (TPSA) is 76.1 Å². The second-order valence-electron chi connectivity index (χ2n) is 5.35. The quantitative estimate of drug-likeness (QED) is 0.833. The first kappa shape index (κ1) is 16.1. The van der Waals surface area contributed by atoms with Gasteiger partial charge in [0.1, 0.15) is 0 Å².